The van der Waals surface area contributed by atoms with Crippen molar-refractivity contribution in [3.05, 3.63) is 12.2 Å². The van der Waals surface area contributed by atoms with Crippen molar-refractivity contribution in [1.82, 2.24) is 5.43 Å². The van der Waals surface area contributed by atoms with Gasteiger partial charge in [-0.1, -0.05) is 19.1 Å². The molecular weight excluding hydrogens is 200 g/mol. The molecule has 3 unspecified atom stereocenters. The molecule has 1 rings (SSSR count). The Morgan fingerprint density at radius 3 is 2.62 bits per heavy atom. The lowest BCUT2D eigenvalue weighted by Crippen LogP contribution is -2.48. The molecule has 1 fully saturated rings. The molecule has 4 heteroatoms. The Hall–Kier alpha value is 0.360. The third-order valence-electron chi connectivity index (χ3n) is 2.28. The highest BCUT2D eigenvalue weighted by Crippen LogP contribution is 2.34. The van der Waals surface area contributed by atoms with Crippen molar-refractivity contribution in [2.24, 2.45) is 5.84 Å². The summed E-state index contributed by atoms with van der Waals surface area (Å²) in [7, 11) is 0. The van der Waals surface area contributed by atoms with Crippen LogP contribution < -0.4 is 11.3 Å². The molecule has 1 heterocycles. The molecule has 0 amide bonds. The zero-order valence-electron chi connectivity index (χ0n) is 8.25. The van der Waals surface area contributed by atoms with Crippen LogP contribution in [0.2, 0.25) is 0 Å². The average molecular weight is 218 g/mol. The quantitative estimate of drug-likeness (QED) is 0.429. The van der Waals surface area contributed by atoms with E-state index in [4.69, 9.17) is 5.84 Å². The highest BCUT2D eigenvalue weighted by Gasteiger charge is 2.29. The van der Waals surface area contributed by atoms with Crippen LogP contribution in [0.1, 0.15) is 13.8 Å². The number of hydrogen-bond donors (Lipinski definition) is 2. The Bertz CT molecular complexity index is 184. The topological polar surface area (TPSA) is 38.0 Å². The standard InChI is InChI=1S/C9H18N2S2/c1-6(2)8(11-10)9-7(3)12-4-5-13-9/h7-9,11H,1,4-5,10H2,2-3H3. The van der Waals surface area contributed by atoms with Crippen LogP contribution in [0.3, 0.4) is 0 Å². The summed E-state index contributed by atoms with van der Waals surface area (Å²) in [5.41, 5.74) is 4.00. The summed E-state index contributed by atoms with van der Waals surface area (Å²) in [4.78, 5) is 0. The van der Waals surface area contributed by atoms with Crippen LogP contribution in [0, 0.1) is 0 Å². The third kappa shape index (κ3) is 2.91. The van der Waals surface area contributed by atoms with Crippen LogP contribution in [0.4, 0.5) is 0 Å². The van der Waals surface area contributed by atoms with Gasteiger partial charge >= 0.3 is 0 Å². The van der Waals surface area contributed by atoms with E-state index in [0.29, 0.717) is 10.5 Å². The van der Waals surface area contributed by atoms with Gasteiger partial charge < -0.3 is 0 Å². The van der Waals surface area contributed by atoms with Gasteiger partial charge in [0.25, 0.3) is 0 Å². The Labute approximate surface area is 89.1 Å². The highest BCUT2D eigenvalue weighted by atomic mass is 32.2. The molecule has 1 aliphatic heterocycles. The second-order valence-electron chi connectivity index (χ2n) is 3.40. The van der Waals surface area contributed by atoms with Crippen molar-refractivity contribution >= 4 is 23.5 Å². The van der Waals surface area contributed by atoms with E-state index in [0.717, 1.165) is 5.57 Å². The molecule has 0 aromatic heterocycles. The second kappa shape index (κ2) is 5.29. The maximum Gasteiger partial charge on any atom is 0.0543 e. The Morgan fingerprint density at radius 1 is 1.54 bits per heavy atom. The Morgan fingerprint density at radius 2 is 2.15 bits per heavy atom. The summed E-state index contributed by atoms with van der Waals surface area (Å²) in [6.07, 6.45) is 0. The molecule has 0 aliphatic carbocycles. The number of hydrogen-bond acceptors (Lipinski definition) is 4. The molecule has 1 saturated heterocycles. The number of hydrazine groups is 1. The molecule has 76 valence electrons. The summed E-state index contributed by atoms with van der Waals surface area (Å²) in [6.45, 7) is 8.28. The lowest BCUT2D eigenvalue weighted by molar-refractivity contribution is 0.564. The van der Waals surface area contributed by atoms with E-state index in [1.54, 1.807) is 0 Å². The number of nitrogens with two attached hydrogens (primary N) is 1. The van der Waals surface area contributed by atoms with Crippen LogP contribution in [0.5, 0.6) is 0 Å². The molecule has 1 aliphatic rings. The number of thioether (sulfide) groups is 2. The molecule has 0 saturated carbocycles. The number of nitrogens with one attached hydrogen (secondary N) is 1. The first-order valence-electron chi connectivity index (χ1n) is 4.51. The highest BCUT2D eigenvalue weighted by molar-refractivity contribution is 8.07. The summed E-state index contributed by atoms with van der Waals surface area (Å²) in [6, 6.07) is 0.257. The van der Waals surface area contributed by atoms with Crippen molar-refractivity contribution < 1.29 is 0 Å². The van der Waals surface area contributed by atoms with E-state index >= 15 is 0 Å². The fourth-order valence-corrected chi connectivity index (χ4v) is 4.54. The van der Waals surface area contributed by atoms with Gasteiger partial charge in [-0.15, -0.1) is 0 Å². The van der Waals surface area contributed by atoms with Crippen molar-refractivity contribution in [2.45, 2.75) is 30.4 Å². The van der Waals surface area contributed by atoms with Crippen LogP contribution in [0.15, 0.2) is 12.2 Å². The first kappa shape index (κ1) is 11.4. The molecule has 2 nitrogen and oxygen atoms in total. The second-order valence-corrected chi connectivity index (χ2v) is 6.17. The Kier molecular flexibility index (Phi) is 4.66. The van der Waals surface area contributed by atoms with Gasteiger partial charge in [0.2, 0.25) is 0 Å². The Balaban J connectivity index is 2.60. The van der Waals surface area contributed by atoms with Crippen molar-refractivity contribution in [1.29, 1.82) is 0 Å². The van der Waals surface area contributed by atoms with E-state index in [1.165, 1.54) is 11.5 Å². The molecule has 0 spiro atoms. The van der Waals surface area contributed by atoms with Gasteiger partial charge in [-0.25, -0.2) is 0 Å². The molecule has 0 radical (unpaired) electrons. The summed E-state index contributed by atoms with van der Waals surface area (Å²) >= 11 is 4.04. The van der Waals surface area contributed by atoms with E-state index in [-0.39, 0.29) is 6.04 Å². The minimum Gasteiger partial charge on any atom is -0.271 e. The smallest absolute Gasteiger partial charge is 0.0543 e. The fraction of sp³-hybridized carbons (Fsp3) is 0.778. The maximum absolute atomic E-state index is 5.53. The predicted molar refractivity (Wildman–Crippen MR) is 64.1 cm³/mol. The first-order valence-corrected chi connectivity index (χ1v) is 6.61. The van der Waals surface area contributed by atoms with Gasteiger partial charge in [0, 0.05) is 22.0 Å². The fourth-order valence-electron chi connectivity index (χ4n) is 1.53. The van der Waals surface area contributed by atoms with Crippen LogP contribution >= 0.6 is 23.5 Å². The maximum atomic E-state index is 5.53. The van der Waals surface area contributed by atoms with Crippen molar-refractivity contribution in [2.75, 3.05) is 11.5 Å². The normalized spacial score (nSPS) is 31.3. The predicted octanol–water partition coefficient (Wildman–Crippen LogP) is 1.63. The zero-order valence-corrected chi connectivity index (χ0v) is 9.88. The van der Waals surface area contributed by atoms with Crippen molar-refractivity contribution in [3.63, 3.8) is 0 Å². The zero-order chi connectivity index (χ0) is 9.84. The molecule has 13 heavy (non-hydrogen) atoms. The van der Waals surface area contributed by atoms with E-state index in [1.807, 2.05) is 30.4 Å². The van der Waals surface area contributed by atoms with Gasteiger partial charge in [-0.3, -0.25) is 11.3 Å². The monoisotopic (exact) mass is 218 g/mol. The minimum atomic E-state index is 0.257. The van der Waals surface area contributed by atoms with Crippen LogP contribution in [-0.4, -0.2) is 28.0 Å². The van der Waals surface area contributed by atoms with Gasteiger partial charge in [0.05, 0.1) is 6.04 Å². The summed E-state index contributed by atoms with van der Waals surface area (Å²) in [5, 5.41) is 1.23. The van der Waals surface area contributed by atoms with E-state index < -0.39 is 0 Å². The minimum absolute atomic E-state index is 0.257. The molecule has 0 bridgehead atoms. The van der Waals surface area contributed by atoms with Crippen LogP contribution in [-0.2, 0) is 0 Å². The molecule has 0 aromatic rings. The van der Waals surface area contributed by atoms with Gasteiger partial charge in [-0.2, -0.15) is 23.5 Å². The number of rotatable bonds is 3. The average Bonchev–Trinajstić information content (AvgIpc) is 2.09. The summed E-state index contributed by atoms with van der Waals surface area (Å²) < 4.78 is 0. The summed E-state index contributed by atoms with van der Waals surface area (Å²) in [5.74, 6) is 8.02. The largest absolute Gasteiger partial charge is 0.271 e. The molecular formula is C9H18N2S2. The lowest BCUT2D eigenvalue weighted by atomic mass is 10.1. The SMILES string of the molecule is C=C(C)C(NN)C1SCCSC1C. The van der Waals surface area contributed by atoms with Gasteiger partial charge in [0.15, 0.2) is 0 Å². The van der Waals surface area contributed by atoms with Gasteiger partial charge in [-0.05, 0) is 6.92 Å². The third-order valence-corrected chi connectivity index (χ3v) is 5.47. The first-order chi connectivity index (χ1) is 6.16. The molecule has 3 N–H and O–H groups in total. The van der Waals surface area contributed by atoms with Crippen molar-refractivity contribution in [3.8, 4) is 0 Å². The van der Waals surface area contributed by atoms with Gasteiger partial charge in [0.1, 0.15) is 0 Å². The lowest BCUT2D eigenvalue weighted by Gasteiger charge is -2.34. The molecule has 3 atom stereocenters. The van der Waals surface area contributed by atoms with E-state index in [2.05, 4.69) is 18.9 Å². The van der Waals surface area contributed by atoms with E-state index in [9.17, 15) is 0 Å². The van der Waals surface area contributed by atoms with Crippen LogP contribution in [0.25, 0.3) is 0 Å². The molecule has 0 aromatic carbocycles.